The summed E-state index contributed by atoms with van der Waals surface area (Å²) in [6.45, 7) is 2.50. The lowest BCUT2D eigenvalue weighted by Gasteiger charge is -2.09. The first-order valence-corrected chi connectivity index (χ1v) is 8.91. The molecule has 2 aromatic carbocycles. The van der Waals surface area contributed by atoms with Crippen molar-refractivity contribution in [2.75, 3.05) is 0 Å². The Labute approximate surface area is 161 Å². The van der Waals surface area contributed by atoms with Gasteiger partial charge in [0.25, 0.3) is 0 Å². The summed E-state index contributed by atoms with van der Waals surface area (Å²) < 4.78 is 1.93. The van der Waals surface area contributed by atoms with E-state index in [-0.39, 0.29) is 0 Å². The number of nitrogens with one attached hydrogen (secondary N) is 1. The molecule has 0 unspecified atom stereocenters. The van der Waals surface area contributed by atoms with Gasteiger partial charge in [-0.15, -0.1) is 0 Å². The molecule has 26 heavy (non-hydrogen) atoms. The van der Waals surface area contributed by atoms with Crippen molar-refractivity contribution in [2.24, 2.45) is 16.8 Å². The first-order chi connectivity index (χ1) is 12.5. The molecule has 6 nitrogen and oxygen atoms in total. The van der Waals surface area contributed by atoms with Gasteiger partial charge in [-0.3, -0.25) is 4.68 Å². The van der Waals surface area contributed by atoms with E-state index in [0.717, 1.165) is 34.1 Å². The summed E-state index contributed by atoms with van der Waals surface area (Å²) in [7, 11) is 0. The number of benzene rings is 2. The number of nitrogens with two attached hydrogens (primary N) is 2. The fourth-order valence-electron chi connectivity index (χ4n) is 2.93. The van der Waals surface area contributed by atoms with Crippen molar-refractivity contribution in [1.29, 1.82) is 0 Å². The normalized spacial score (nSPS) is 11.9. The van der Waals surface area contributed by atoms with Gasteiger partial charge in [-0.25, -0.2) is 5.84 Å². The van der Waals surface area contributed by atoms with E-state index in [1.54, 1.807) is 0 Å². The summed E-state index contributed by atoms with van der Waals surface area (Å²) in [5.74, 6) is 11.2. The minimum Gasteiger partial charge on any atom is -0.322 e. The molecular formula is C18H20Cl2N6. The van der Waals surface area contributed by atoms with Gasteiger partial charge in [-0.1, -0.05) is 41.4 Å². The van der Waals surface area contributed by atoms with E-state index < -0.39 is 0 Å². The molecule has 136 valence electrons. The monoisotopic (exact) mass is 390 g/mol. The number of hydrogen-bond acceptors (Lipinski definition) is 4. The van der Waals surface area contributed by atoms with E-state index in [1.807, 2.05) is 29.8 Å². The zero-order chi connectivity index (χ0) is 18.7. The maximum Gasteiger partial charge on any atom is 0.136 e. The highest BCUT2D eigenvalue weighted by Crippen LogP contribution is 2.27. The van der Waals surface area contributed by atoms with Crippen LogP contribution in [0.1, 0.15) is 23.2 Å². The van der Waals surface area contributed by atoms with Gasteiger partial charge in [0.15, 0.2) is 0 Å². The van der Waals surface area contributed by atoms with E-state index in [2.05, 4.69) is 33.8 Å². The third-order valence-electron chi connectivity index (χ3n) is 4.34. The van der Waals surface area contributed by atoms with Crippen LogP contribution in [-0.2, 0) is 13.0 Å². The van der Waals surface area contributed by atoms with Crippen molar-refractivity contribution in [1.82, 2.24) is 15.2 Å². The average Bonchev–Trinajstić information content (AvgIpc) is 2.94. The van der Waals surface area contributed by atoms with Crippen molar-refractivity contribution in [2.45, 2.75) is 26.3 Å². The van der Waals surface area contributed by atoms with Crippen LogP contribution in [0.4, 0.5) is 0 Å². The quantitative estimate of drug-likeness (QED) is 0.269. The van der Waals surface area contributed by atoms with Crippen LogP contribution in [0.15, 0.2) is 41.5 Å². The lowest BCUT2D eigenvalue weighted by molar-refractivity contribution is 0.703. The maximum absolute atomic E-state index is 6.32. The molecule has 0 saturated carbocycles. The molecule has 0 spiro atoms. The van der Waals surface area contributed by atoms with Gasteiger partial charge in [0.1, 0.15) is 5.84 Å². The molecule has 0 saturated heterocycles. The lowest BCUT2D eigenvalue weighted by atomic mass is 10.1. The summed E-state index contributed by atoms with van der Waals surface area (Å²) in [5, 5.41) is 10.6. The third kappa shape index (κ3) is 3.77. The van der Waals surface area contributed by atoms with Gasteiger partial charge >= 0.3 is 0 Å². The Balaban J connectivity index is 1.94. The van der Waals surface area contributed by atoms with Crippen molar-refractivity contribution >= 4 is 39.9 Å². The van der Waals surface area contributed by atoms with E-state index in [1.165, 1.54) is 0 Å². The van der Waals surface area contributed by atoms with Crippen LogP contribution >= 0.6 is 23.2 Å². The highest BCUT2D eigenvalue weighted by atomic mass is 35.5. The van der Waals surface area contributed by atoms with Crippen LogP contribution in [0.25, 0.3) is 10.9 Å². The largest absolute Gasteiger partial charge is 0.322 e. The molecule has 0 aliphatic rings. The number of aryl methyl sites for hydroxylation is 2. The van der Waals surface area contributed by atoms with Crippen molar-refractivity contribution < 1.29 is 0 Å². The molecule has 1 heterocycles. The number of halogens is 2. The molecule has 8 heteroatoms. The number of rotatable bonds is 5. The lowest BCUT2D eigenvalue weighted by Crippen LogP contribution is -2.31. The number of hydrazine groups is 1. The van der Waals surface area contributed by atoms with Crippen LogP contribution < -0.4 is 17.1 Å². The Morgan fingerprint density at radius 3 is 2.62 bits per heavy atom. The molecule has 0 radical (unpaired) electrons. The molecule has 0 atom stereocenters. The molecule has 3 aromatic rings. The zero-order valence-electron chi connectivity index (χ0n) is 14.3. The second kappa shape index (κ2) is 7.95. The smallest absolute Gasteiger partial charge is 0.136 e. The fraction of sp³-hybridized carbons (Fsp3) is 0.222. The number of amidine groups is 1. The van der Waals surface area contributed by atoms with Gasteiger partial charge in [0, 0.05) is 27.4 Å². The van der Waals surface area contributed by atoms with Crippen molar-refractivity contribution in [3.8, 4) is 0 Å². The summed E-state index contributed by atoms with van der Waals surface area (Å²) >= 11 is 12.6. The molecule has 0 bridgehead atoms. The summed E-state index contributed by atoms with van der Waals surface area (Å²) in [6, 6.07) is 11.8. The SMILES string of the molecule is Cc1nn(Cc2c(Cl)cccc2Cl)c2cc(CC/C(=N/N)NN)ccc12. The number of aromatic nitrogens is 2. The van der Waals surface area contributed by atoms with E-state index in [0.29, 0.717) is 28.8 Å². The number of fused-ring (bicyclic) bond motifs is 1. The van der Waals surface area contributed by atoms with Gasteiger partial charge in [0.05, 0.1) is 17.8 Å². The Bertz CT molecular complexity index is 943. The van der Waals surface area contributed by atoms with Gasteiger partial charge in [-0.2, -0.15) is 10.2 Å². The topological polar surface area (TPSA) is 94.2 Å². The minimum atomic E-state index is 0.506. The fourth-order valence-corrected chi connectivity index (χ4v) is 3.45. The van der Waals surface area contributed by atoms with Crippen LogP contribution in [0, 0.1) is 6.92 Å². The minimum absolute atomic E-state index is 0.506. The highest BCUT2D eigenvalue weighted by Gasteiger charge is 2.12. The molecular weight excluding hydrogens is 371 g/mol. The maximum atomic E-state index is 6.32. The highest BCUT2D eigenvalue weighted by molar-refractivity contribution is 6.36. The molecule has 0 aliphatic carbocycles. The Morgan fingerprint density at radius 2 is 1.96 bits per heavy atom. The molecule has 0 amide bonds. The standard InChI is InChI=1S/C18H20Cl2N6/c1-11-13-7-5-12(6-8-18(23-21)24-22)9-17(13)26(25-11)10-14-15(19)3-2-4-16(14)20/h2-5,7,9H,6,8,10,21-22H2,1H3,(H,23,24). The van der Waals surface area contributed by atoms with Crippen molar-refractivity contribution in [3.05, 3.63) is 63.3 Å². The van der Waals surface area contributed by atoms with E-state index in [4.69, 9.17) is 34.9 Å². The number of hydrogen-bond donors (Lipinski definition) is 3. The predicted molar refractivity (Wildman–Crippen MR) is 107 cm³/mol. The Hall–Kier alpha value is -2.28. The van der Waals surface area contributed by atoms with Gasteiger partial charge in [-0.05, 0) is 37.1 Å². The second-order valence-corrected chi connectivity index (χ2v) is 6.83. The van der Waals surface area contributed by atoms with Crippen molar-refractivity contribution in [3.63, 3.8) is 0 Å². The predicted octanol–water partition coefficient (Wildman–Crippen LogP) is 3.37. The molecule has 0 aliphatic heterocycles. The summed E-state index contributed by atoms with van der Waals surface area (Å²) in [6.07, 6.45) is 1.38. The van der Waals surface area contributed by atoms with Crippen LogP contribution in [0.3, 0.4) is 0 Å². The third-order valence-corrected chi connectivity index (χ3v) is 5.05. The van der Waals surface area contributed by atoms with Crippen LogP contribution in [0.5, 0.6) is 0 Å². The molecule has 3 rings (SSSR count). The average molecular weight is 391 g/mol. The van der Waals surface area contributed by atoms with Gasteiger partial charge in [0.2, 0.25) is 0 Å². The molecule has 1 aromatic heterocycles. The van der Waals surface area contributed by atoms with Crippen LogP contribution in [0.2, 0.25) is 10.0 Å². The Morgan fingerprint density at radius 1 is 1.23 bits per heavy atom. The Kier molecular flexibility index (Phi) is 5.66. The first-order valence-electron chi connectivity index (χ1n) is 8.15. The molecule has 0 fully saturated rings. The first kappa shape index (κ1) is 18.5. The van der Waals surface area contributed by atoms with E-state index in [9.17, 15) is 0 Å². The summed E-state index contributed by atoms with van der Waals surface area (Å²) in [4.78, 5) is 0. The van der Waals surface area contributed by atoms with Crippen LogP contribution in [-0.4, -0.2) is 15.6 Å². The second-order valence-electron chi connectivity index (χ2n) is 6.01. The summed E-state index contributed by atoms with van der Waals surface area (Å²) in [5.41, 5.74) is 6.49. The van der Waals surface area contributed by atoms with Gasteiger partial charge < -0.3 is 11.3 Å². The zero-order valence-corrected chi connectivity index (χ0v) is 15.8. The number of nitrogens with zero attached hydrogens (tertiary/aromatic N) is 3. The molecule has 5 N–H and O–H groups in total. The number of hydrazone groups is 1. The van der Waals surface area contributed by atoms with E-state index >= 15 is 0 Å².